The summed E-state index contributed by atoms with van der Waals surface area (Å²) in [5, 5.41) is 21.6. The van der Waals surface area contributed by atoms with Gasteiger partial charge in [-0.25, -0.2) is 9.78 Å². The molecule has 0 bridgehead atoms. The first-order chi connectivity index (χ1) is 17.6. The molecule has 1 unspecified atom stereocenters. The van der Waals surface area contributed by atoms with Crippen LogP contribution in [0.3, 0.4) is 0 Å². The average Bonchev–Trinajstić information content (AvgIpc) is 3.29. The number of benzene rings is 3. The fourth-order valence-electron chi connectivity index (χ4n) is 4.81. The second-order valence-electron chi connectivity index (χ2n) is 9.09. The number of urea groups is 1. The van der Waals surface area contributed by atoms with Crippen molar-refractivity contribution in [3.63, 3.8) is 0 Å². The van der Waals surface area contributed by atoms with Gasteiger partial charge in [-0.3, -0.25) is 4.90 Å². The molecule has 0 aliphatic carbocycles. The molecule has 1 aliphatic heterocycles. The van der Waals surface area contributed by atoms with Crippen LogP contribution >= 0.6 is 0 Å². The highest BCUT2D eigenvalue weighted by atomic mass is 16.3. The van der Waals surface area contributed by atoms with Crippen LogP contribution in [0, 0.1) is 0 Å². The number of hydrogen-bond acceptors (Lipinski definition) is 4. The first-order valence-corrected chi connectivity index (χ1v) is 12.1. The molecule has 4 aromatic rings. The monoisotopic (exact) mass is 482 g/mol. The molecule has 0 spiro atoms. The van der Waals surface area contributed by atoms with Crippen LogP contribution in [0.1, 0.15) is 34.4 Å². The Balaban J connectivity index is 1.52. The normalized spacial score (nSPS) is 15.9. The second kappa shape index (κ2) is 10.4. The van der Waals surface area contributed by atoms with Crippen molar-refractivity contribution in [2.45, 2.75) is 31.7 Å². The second-order valence-corrected chi connectivity index (χ2v) is 9.09. The van der Waals surface area contributed by atoms with Gasteiger partial charge in [0.25, 0.3) is 0 Å². The minimum Gasteiger partial charge on any atom is -0.394 e. The minimum absolute atomic E-state index is 0.166. The first kappa shape index (κ1) is 23.8. The fraction of sp³-hybridized carbons (Fsp3) is 0.241. The van der Waals surface area contributed by atoms with Crippen LogP contribution < -0.4 is 4.90 Å². The number of aromatic nitrogens is 2. The Morgan fingerprint density at radius 3 is 2.25 bits per heavy atom. The molecule has 0 radical (unpaired) electrons. The molecule has 2 amide bonds. The molecule has 7 heteroatoms. The smallest absolute Gasteiger partial charge is 0.324 e. The van der Waals surface area contributed by atoms with E-state index >= 15 is 0 Å². The van der Waals surface area contributed by atoms with Gasteiger partial charge in [-0.15, -0.1) is 0 Å². The number of nitrogens with zero attached hydrogens (tertiary/aromatic N) is 4. The van der Waals surface area contributed by atoms with Gasteiger partial charge in [0.1, 0.15) is 11.9 Å². The summed E-state index contributed by atoms with van der Waals surface area (Å²) in [5.74, 6) is 0.539. The molecular weight excluding hydrogens is 452 g/mol. The maximum absolute atomic E-state index is 13.5. The lowest BCUT2D eigenvalue weighted by Gasteiger charge is -2.37. The summed E-state index contributed by atoms with van der Waals surface area (Å²) in [6.07, 6.45) is -0.467. The van der Waals surface area contributed by atoms with Crippen molar-refractivity contribution in [1.29, 1.82) is 0 Å². The summed E-state index contributed by atoms with van der Waals surface area (Å²) in [5.41, 5.74) is 4.30. The molecule has 36 heavy (non-hydrogen) atoms. The molecule has 1 aliphatic rings. The maximum Gasteiger partial charge on any atom is 0.324 e. The average molecular weight is 483 g/mol. The van der Waals surface area contributed by atoms with Gasteiger partial charge in [-0.05, 0) is 23.3 Å². The number of anilines is 1. The molecule has 5 rings (SSSR count). The van der Waals surface area contributed by atoms with Crippen LogP contribution in [0.2, 0.25) is 0 Å². The minimum atomic E-state index is -0.913. The number of hydrogen-bond donors (Lipinski definition) is 2. The van der Waals surface area contributed by atoms with Crippen molar-refractivity contribution < 1.29 is 15.0 Å². The molecule has 184 valence electrons. The van der Waals surface area contributed by atoms with E-state index in [-0.39, 0.29) is 19.2 Å². The lowest BCUT2D eigenvalue weighted by atomic mass is 10.0. The number of carbonyl (C=O) groups is 1. The highest BCUT2D eigenvalue weighted by Gasteiger charge is 2.36. The lowest BCUT2D eigenvalue weighted by Crippen LogP contribution is -2.51. The molecule has 2 N–H and O–H groups in total. The summed E-state index contributed by atoms with van der Waals surface area (Å²) in [6, 6.07) is 28.3. The van der Waals surface area contributed by atoms with E-state index in [0.717, 1.165) is 28.2 Å². The molecule has 0 fully saturated rings. The van der Waals surface area contributed by atoms with E-state index in [9.17, 15) is 15.0 Å². The van der Waals surface area contributed by atoms with Gasteiger partial charge >= 0.3 is 6.03 Å². The summed E-state index contributed by atoms with van der Waals surface area (Å²) >= 11 is 0. The Hall–Kier alpha value is -3.94. The number of amides is 2. The van der Waals surface area contributed by atoms with Gasteiger partial charge in [-0.2, -0.15) is 0 Å². The molecule has 1 aromatic heterocycles. The molecule has 2 heterocycles. The predicted octanol–water partition coefficient (Wildman–Crippen LogP) is 3.99. The third-order valence-electron chi connectivity index (χ3n) is 6.81. The van der Waals surface area contributed by atoms with E-state index in [0.29, 0.717) is 18.8 Å². The number of imidazole rings is 1. The van der Waals surface area contributed by atoms with E-state index < -0.39 is 12.1 Å². The van der Waals surface area contributed by atoms with Crippen molar-refractivity contribution in [3.8, 4) is 0 Å². The van der Waals surface area contributed by atoms with Crippen molar-refractivity contribution >= 4 is 11.7 Å². The van der Waals surface area contributed by atoms with E-state index in [1.54, 1.807) is 16.8 Å². The Morgan fingerprint density at radius 2 is 1.61 bits per heavy atom. The van der Waals surface area contributed by atoms with Gasteiger partial charge in [0.05, 0.1) is 24.9 Å². The summed E-state index contributed by atoms with van der Waals surface area (Å²) in [6.45, 7) is 0.631. The highest BCUT2D eigenvalue weighted by molar-refractivity contribution is 5.91. The van der Waals surface area contributed by atoms with Gasteiger partial charge < -0.3 is 19.7 Å². The number of aliphatic hydroxyl groups is 2. The first-order valence-electron chi connectivity index (χ1n) is 12.1. The zero-order valence-corrected chi connectivity index (χ0v) is 20.2. The van der Waals surface area contributed by atoms with Gasteiger partial charge in [0, 0.05) is 31.4 Å². The molecule has 2 atom stereocenters. The highest BCUT2D eigenvalue weighted by Crippen LogP contribution is 2.31. The third-order valence-corrected chi connectivity index (χ3v) is 6.81. The molecule has 0 saturated carbocycles. The summed E-state index contributed by atoms with van der Waals surface area (Å²) in [7, 11) is 1.74. The Labute approximate surface area is 210 Å². The van der Waals surface area contributed by atoms with Gasteiger partial charge in [0.2, 0.25) is 0 Å². The van der Waals surface area contributed by atoms with Crippen LogP contribution in [-0.4, -0.2) is 50.4 Å². The predicted molar refractivity (Wildman–Crippen MR) is 139 cm³/mol. The topological polar surface area (TPSA) is 81.8 Å². The Bertz CT molecular complexity index is 1310. The summed E-state index contributed by atoms with van der Waals surface area (Å²) in [4.78, 5) is 21.6. The quantitative estimate of drug-likeness (QED) is 0.436. The van der Waals surface area contributed by atoms with E-state index in [1.165, 1.54) is 0 Å². The fourth-order valence-corrected chi connectivity index (χ4v) is 4.81. The Kier molecular flexibility index (Phi) is 6.84. The molecule has 3 aromatic carbocycles. The van der Waals surface area contributed by atoms with Crippen molar-refractivity contribution in [2.75, 3.05) is 18.6 Å². The standard InChI is InChI=1S/C29H30N4O3/c1-31(23-15-9-4-10-16-23)29(36)32-19-25-26(17-24(32)20-34)33(18-21-11-5-2-6-12-21)28(30-25)27(35)22-13-7-3-8-14-22/h2-16,24,27,34-35H,17-20H2,1H3/t24?,27-/m0/s1. The van der Waals surface area contributed by atoms with Crippen molar-refractivity contribution in [1.82, 2.24) is 14.5 Å². The van der Waals surface area contributed by atoms with Crippen LogP contribution in [0.4, 0.5) is 10.5 Å². The largest absolute Gasteiger partial charge is 0.394 e. The maximum atomic E-state index is 13.5. The zero-order valence-electron chi connectivity index (χ0n) is 20.2. The van der Waals surface area contributed by atoms with Crippen LogP contribution in [0.5, 0.6) is 0 Å². The number of carbonyl (C=O) groups excluding carboxylic acids is 1. The third kappa shape index (κ3) is 4.63. The molecule has 7 nitrogen and oxygen atoms in total. The van der Waals surface area contributed by atoms with E-state index in [1.807, 2.05) is 95.6 Å². The van der Waals surface area contributed by atoms with E-state index in [2.05, 4.69) is 0 Å². The molecular formula is C29H30N4O3. The van der Waals surface area contributed by atoms with Crippen LogP contribution in [0.25, 0.3) is 0 Å². The number of rotatable bonds is 6. The zero-order chi connectivity index (χ0) is 25.1. The van der Waals surface area contributed by atoms with Crippen LogP contribution in [0.15, 0.2) is 91.0 Å². The van der Waals surface area contributed by atoms with Crippen molar-refractivity contribution in [2.24, 2.45) is 0 Å². The number of para-hydroxylation sites is 1. The van der Waals surface area contributed by atoms with Crippen LogP contribution in [-0.2, 0) is 19.5 Å². The van der Waals surface area contributed by atoms with Gasteiger partial charge in [0.15, 0.2) is 0 Å². The lowest BCUT2D eigenvalue weighted by molar-refractivity contribution is 0.123. The Morgan fingerprint density at radius 1 is 1.00 bits per heavy atom. The number of fused-ring (bicyclic) bond motifs is 1. The summed E-state index contributed by atoms with van der Waals surface area (Å²) < 4.78 is 2.05. The molecule has 0 saturated heterocycles. The van der Waals surface area contributed by atoms with Crippen molar-refractivity contribution in [3.05, 3.63) is 119 Å². The number of aliphatic hydroxyl groups excluding tert-OH is 2. The van der Waals surface area contributed by atoms with E-state index in [4.69, 9.17) is 4.98 Å². The van der Waals surface area contributed by atoms with Gasteiger partial charge in [-0.1, -0.05) is 78.9 Å². The SMILES string of the molecule is CN(C(=O)N1Cc2nc([C@@H](O)c3ccccc3)n(Cc3ccccc3)c2CC1CO)c1ccccc1.